The first kappa shape index (κ1) is 21.0. The smallest absolute Gasteiger partial charge is 0.332 e. The zero-order chi connectivity index (χ0) is 21.1. The number of carbonyl (C=O) groups is 1. The zero-order valence-electron chi connectivity index (χ0n) is 16.1. The number of aliphatic hydroxyl groups is 1. The van der Waals surface area contributed by atoms with E-state index in [4.69, 9.17) is 9.84 Å². The number of aliphatic hydroxyl groups excluding tert-OH is 1. The number of fused-ring (bicyclic) bond motifs is 1. The molecular formula is C20H22N2O6S. The molecule has 0 bridgehead atoms. The lowest BCUT2D eigenvalue weighted by Crippen LogP contribution is -2.42. The van der Waals surface area contributed by atoms with E-state index in [0.717, 1.165) is 4.88 Å². The minimum atomic E-state index is -1.29. The highest BCUT2D eigenvalue weighted by molar-refractivity contribution is 7.18. The van der Waals surface area contributed by atoms with E-state index in [0.29, 0.717) is 27.1 Å². The maximum absolute atomic E-state index is 13.0. The SMILES string of the molecule is CCOCc1sc2c(c1C)c(=O)n(CC(=O)O)c(=O)n2C[C@H](O)c1ccccc1. The van der Waals surface area contributed by atoms with Crippen LogP contribution in [-0.2, 0) is 29.2 Å². The van der Waals surface area contributed by atoms with Crippen molar-refractivity contribution in [1.82, 2.24) is 9.13 Å². The zero-order valence-corrected chi connectivity index (χ0v) is 16.9. The molecule has 2 N–H and O–H groups in total. The molecule has 0 saturated heterocycles. The predicted molar refractivity (Wildman–Crippen MR) is 109 cm³/mol. The molecule has 1 aromatic carbocycles. The van der Waals surface area contributed by atoms with Crippen LogP contribution in [0.15, 0.2) is 39.9 Å². The molecule has 0 radical (unpaired) electrons. The Kier molecular flexibility index (Phi) is 6.31. The van der Waals surface area contributed by atoms with Crippen molar-refractivity contribution in [2.75, 3.05) is 6.61 Å². The summed E-state index contributed by atoms with van der Waals surface area (Å²) in [6.07, 6.45) is -0.995. The highest BCUT2D eigenvalue weighted by Gasteiger charge is 2.22. The third-order valence-electron chi connectivity index (χ3n) is 4.66. The van der Waals surface area contributed by atoms with Crippen LogP contribution in [0.25, 0.3) is 10.2 Å². The Morgan fingerprint density at radius 3 is 2.52 bits per heavy atom. The Hall–Kier alpha value is -2.75. The number of carboxylic acid groups (broad SMARTS) is 1. The normalized spacial score (nSPS) is 12.4. The van der Waals surface area contributed by atoms with Crippen molar-refractivity contribution in [2.45, 2.75) is 39.6 Å². The number of hydrogen-bond donors (Lipinski definition) is 2. The van der Waals surface area contributed by atoms with Gasteiger partial charge in [0.2, 0.25) is 0 Å². The van der Waals surface area contributed by atoms with Gasteiger partial charge in [0, 0.05) is 11.5 Å². The van der Waals surface area contributed by atoms with Crippen LogP contribution in [0.4, 0.5) is 0 Å². The van der Waals surface area contributed by atoms with Crippen LogP contribution in [0.1, 0.15) is 29.0 Å². The van der Waals surface area contributed by atoms with Crippen molar-refractivity contribution in [3.63, 3.8) is 0 Å². The summed E-state index contributed by atoms with van der Waals surface area (Å²) in [5.41, 5.74) is -0.129. The molecule has 154 valence electrons. The van der Waals surface area contributed by atoms with Crippen molar-refractivity contribution in [1.29, 1.82) is 0 Å². The van der Waals surface area contributed by atoms with Crippen LogP contribution in [0.2, 0.25) is 0 Å². The molecule has 0 spiro atoms. The van der Waals surface area contributed by atoms with Crippen LogP contribution in [-0.4, -0.2) is 31.9 Å². The lowest BCUT2D eigenvalue weighted by Gasteiger charge is -2.15. The van der Waals surface area contributed by atoms with Gasteiger partial charge in [-0.2, -0.15) is 0 Å². The van der Waals surface area contributed by atoms with Crippen molar-refractivity contribution < 1.29 is 19.7 Å². The Morgan fingerprint density at radius 1 is 1.21 bits per heavy atom. The second-order valence-corrected chi connectivity index (χ2v) is 7.66. The fourth-order valence-electron chi connectivity index (χ4n) is 3.16. The third kappa shape index (κ3) is 4.16. The summed E-state index contributed by atoms with van der Waals surface area (Å²) in [5, 5.41) is 20.1. The van der Waals surface area contributed by atoms with E-state index in [9.17, 15) is 19.5 Å². The van der Waals surface area contributed by atoms with E-state index in [1.54, 1.807) is 31.2 Å². The van der Waals surface area contributed by atoms with Gasteiger partial charge in [0.05, 0.1) is 24.6 Å². The molecule has 29 heavy (non-hydrogen) atoms. The molecule has 8 nitrogen and oxygen atoms in total. The minimum Gasteiger partial charge on any atom is -0.480 e. The lowest BCUT2D eigenvalue weighted by atomic mass is 10.1. The van der Waals surface area contributed by atoms with Crippen LogP contribution in [0, 0.1) is 6.92 Å². The highest BCUT2D eigenvalue weighted by atomic mass is 32.1. The molecule has 9 heteroatoms. The van der Waals surface area contributed by atoms with E-state index in [1.807, 2.05) is 13.0 Å². The second-order valence-electron chi connectivity index (χ2n) is 6.57. The van der Waals surface area contributed by atoms with Crippen LogP contribution < -0.4 is 11.2 Å². The van der Waals surface area contributed by atoms with E-state index in [2.05, 4.69) is 0 Å². The number of thiophene rings is 1. The van der Waals surface area contributed by atoms with Crippen molar-refractivity contribution in [3.8, 4) is 0 Å². The Balaban J connectivity index is 2.21. The summed E-state index contributed by atoms with van der Waals surface area (Å²) in [5.74, 6) is -1.29. The first-order chi connectivity index (χ1) is 13.8. The maximum atomic E-state index is 13.0. The molecule has 2 heterocycles. The summed E-state index contributed by atoms with van der Waals surface area (Å²) in [7, 11) is 0. The van der Waals surface area contributed by atoms with Crippen LogP contribution in [0.5, 0.6) is 0 Å². The maximum Gasteiger partial charge on any atom is 0.332 e. The van der Waals surface area contributed by atoms with Gasteiger partial charge in [-0.25, -0.2) is 9.36 Å². The number of benzene rings is 1. The molecule has 0 amide bonds. The molecule has 0 aliphatic rings. The molecule has 2 aromatic heterocycles. The topological polar surface area (TPSA) is 111 Å². The van der Waals surface area contributed by atoms with Crippen LogP contribution >= 0.6 is 11.3 Å². The number of rotatable bonds is 8. The highest BCUT2D eigenvalue weighted by Crippen LogP contribution is 2.29. The quantitative estimate of drug-likeness (QED) is 0.578. The molecule has 0 aliphatic heterocycles. The summed E-state index contributed by atoms with van der Waals surface area (Å²) in [4.78, 5) is 38.3. The average Bonchev–Trinajstić information content (AvgIpc) is 3.03. The number of aliphatic carboxylic acids is 1. The lowest BCUT2D eigenvalue weighted by molar-refractivity contribution is -0.137. The van der Waals surface area contributed by atoms with Gasteiger partial charge in [-0.15, -0.1) is 11.3 Å². The number of ether oxygens (including phenoxy) is 1. The first-order valence-electron chi connectivity index (χ1n) is 9.13. The van der Waals surface area contributed by atoms with Gasteiger partial charge in [-0.1, -0.05) is 30.3 Å². The standard InChI is InChI=1S/C20H22N2O6S/c1-3-28-11-15-12(2)17-18(26)21(10-16(24)25)20(27)22(19(17)29-15)9-14(23)13-7-5-4-6-8-13/h4-8,14,23H,3,9-11H2,1-2H3,(H,24,25)/t14-/m0/s1. The van der Waals surface area contributed by atoms with Crippen molar-refractivity contribution >= 4 is 27.5 Å². The Labute approximate surface area is 170 Å². The summed E-state index contributed by atoms with van der Waals surface area (Å²) in [6.45, 7) is 3.54. The molecule has 1 atom stereocenters. The largest absolute Gasteiger partial charge is 0.480 e. The average molecular weight is 418 g/mol. The van der Waals surface area contributed by atoms with E-state index in [-0.39, 0.29) is 18.5 Å². The second kappa shape index (κ2) is 8.73. The number of aromatic nitrogens is 2. The van der Waals surface area contributed by atoms with Gasteiger partial charge in [0.25, 0.3) is 5.56 Å². The minimum absolute atomic E-state index is 0.104. The molecule has 0 aliphatic carbocycles. The van der Waals surface area contributed by atoms with Crippen molar-refractivity contribution in [3.05, 3.63) is 67.2 Å². The molecular weight excluding hydrogens is 396 g/mol. The van der Waals surface area contributed by atoms with Gasteiger partial charge in [0.15, 0.2) is 0 Å². The fraction of sp³-hybridized carbons (Fsp3) is 0.350. The molecule has 3 aromatic rings. The first-order valence-corrected chi connectivity index (χ1v) is 9.94. The molecule has 3 rings (SSSR count). The summed E-state index contributed by atoms with van der Waals surface area (Å²) >= 11 is 1.25. The van der Waals surface area contributed by atoms with Gasteiger partial charge in [-0.3, -0.25) is 14.2 Å². The predicted octanol–water partition coefficient (Wildman–Crippen LogP) is 1.89. The van der Waals surface area contributed by atoms with Crippen molar-refractivity contribution in [2.24, 2.45) is 0 Å². The van der Waals surface area contributed by atoms with Gasteiger partial charge < -0.3 is 14.9 Å². The summed E-state index contributed by atoms with van der Waals surface area (Å²) < 4.78 is 7.44. The number of aryl methyl sites for hydroxylation is 1. The Bertz CT molecular complexity index is 1150. The number of hydrogen-bond acceptors (Lipinski definition) is 6. The molecule has 0 fully saturated rings. The molecule has 0 unspecified atom stereocenters. The van der Waals surface area contributed by atoms with Gasteiger partial charge >= 0.3 is 11.7 Å². The Morgan fingerprint density at radius 2 is 1.90 bits per heavy atom. The molecule has 0 saturated carbocycles. The fourth-order valence-corrected chi connectivity index (χ4v) is 4.40. The van der Waals surface area contributed by atoms with Gasteiger partial charge in [0.1, 0.15) is 11.4 Å². The third-order valence-corrected chi connectivity index (χ3v) is 5.95. The van der Waals surface area contributed by atoms with E-state index in [1.165, 1.54) is 15.9 Å². The van der Waals surface area contributed by atoms with E-state index >= 15 is 0 Å². The number of nitrogens with zero attached hydrogens (tertiary/aromatic N) is 2. The monoisotopic (exact) mass is 418 g/mol. The van der Waals surface area contributed by atoms with E-state index < -0.39 is 29.9 Å². The summed E-state index contributed by atoms with van der Waals surface area (Å²) in [6, 6.07) is 8.84. The number of carboxylic acids is 1. The van der Waals surface area contributed by atoms with Gasteiger partial charge in [-0.05, 0) is 25.0 Å². The van der Waals surface area contributed by atoms with Crippen LogP contribution in [0.3, 0.4) is 0 Å².